The van der Waals surface area contributed by atoms with Gasteiger partial charge in [-0.15, -0.1) is 0 Å². The number of rotatable bonds is 1. The molecule has 1 N–H and O–H groups in total. The van der Waals surface area contributed by atoms with Gasteiger partial charge in [0.1, 0.15) is 0 Å². The Morgan fingerprint density at radius 1 is 1.14 bits per heavy atom. The number of benzene rings is 1. The molecule has 0 aliphatic carbocycles. The fraction of sp³-hybridized carbons (Fsp3) is 0.533. The molecule has 114 valence electrons. The summed E-state index contributed by atoms with van der Waals surface area (Å²) in [7, 11) is 0. The van der Waals surface area contributed by atoms with E-state index in [-0.39, 0.29) is 0 Å². The van der Waals surface area contributed by atoms with Gasteiger partial charge in [-0.05, 0) is 36.5 Å². The molecule has 1 aromatic rings. The Balaban J connectivity index is 1.68. The Labute approximate surface area is 134 Å². The van der Waals surface area contributed by atoms with Gasteiger partial charge in [-0.1, -0.05) is 29.3 Å². The molecule has 0 bridgehead atoms. The summed E-state index contributed by atoms with van der Waals surface area (Å²) in [6.45, 7) is 3.01. The highest BCUT2D eigenvalue weighted by molar-refractivity contribution is 6.42. The van der Waals surface area contributed by atoms with Gasteiger partial charge in [0.05, 0.1) is 10.0 Å². The molecule has 0 radical (unpaired) electrons. The van der Waals surface area contributed by atoms with Crippen molar-refractivity contribution >= 4 is 29.3 Å². The van der Waals surface area contributed by atoms with E-state index < -0.39 is 6.09 Å². The predicted molar refractivity (Wildman–Crippen MR) is 83.4 cm³/mol. The van der Waals surface area contributed by atoms with Gasteiger partial charge in [-0.25, -0.2) is 4.79 Å². The maximum absolute atomic E-state index is 11.1. The van der Waals surface area contributed by atoms with E-state index in [9.17, 15) is 4.79 Å². The molecule has 3 rings (SSSR count). The van der Waals surface area contributed by atoms with E-state index in [1.165, 1.54) is 10.5 Å². The van der Waals surface area contributed by atoms with Gasteiger partial charge in [0.15, 0.2) is 0 Å². The maximum atomic E-state index is 11.1. The van der Waals surface area contributed by atoms with Crippen LogP contribution in [0.3, 0.4) is 0 Å². The van der Waals surface area contributed by atoms with Crippen molar-refractivity contribution < 1.29 is 9.90 Å². The number of amides is 1. The minimum absolute atomic E-state index is 0.355. The SMILES string of the molecule is O=C(O)N1CCN2CC(c3ccc(Cl)c(Cl)c3)CCC2C1. The first-order chi connectivity index (χ1) is 10.0. The van der Waals surface area contributed by atoms with Crippen LogP contribution in [-0.4, -0.2) is 53.2 Å². The van der Waals surface area contributed by atoms with Crippen LogP contribution < -0.4 is 0 Å². The highest BCUT2D eigenvalue weighted by atomic mass is 35.5. The minimum Gasteiger partial charge on any atom is -0.465 e. The molecule has 2 saturated heterocycles. The normalized spacial score (nSPS) is 26.5. The molecule has 2 aliphatic heterocycles. The van der Waals surface area contributed by atoms with Crippen LogP contribution in [0.15, 0.2) is 18.2 Å². The van der Waals surface area contributed by atoms with Crippen molar-refractivity contribution in [3.05, 3.63) is 33.8 Å². The Bertz CT molecular complexity index is 552. The molecular weight excluding hydrogens is 311 g/mol. The van der Waals surface area contributed by atoms with Crippen LogP contribution >= 0.6 is 23.2 Å². The van der Waals surface area contributed by atoms with Gasteiger partial charge in [0.2, 0.25) is 0 Å². The van der Waals surface area contributed by atoms with Crippen molar-refractivity contribution in [2.24, 2.45) is 0 Å². The topological polar surface area (TPSA) is 43.8 Å². The highest BCUT2D eigenvalue weighted by Crippen LogP contribution is 2.34. The van der Waals surface area contributed by atoms with E-state index >= 15 is 0 Å². The summed E-state index contributed by atoms with van der Waals surface area (Å²) in [4.78, 5) is 15.0. The van der Waals surface area contributed by atoms with E-state index in [4.69, 9.17) is 28.3 Å². The maximum Gasteiger partial charge on any atom is 0.407 e. The van der Waals surface area contributed by atoms with E-state index in [1.54, 1.807) is 0 Å². The molecule has 2 atom stereocenters. The fourth-order valence-corrected chi connectivity index (χ4v) is 3.69. The van der Waals surface area contributed by atoms with Crippen LogP contribution in [0.25, 0.3) is 0 Å². The van der Waals surface area contributed by atoms with Crippen LogP contribution in [0, 0.1) is 0 Å². The van der Waals surface area contributed by atoms with E-state index in [0.717, 1.165) is 25.9 Å². The monoisotopic (exact) mass is 328 g/mol. The van der Waals surface area contributed by atoms with Gasteiger partial charge in [0.25, 0.3) is 0 Å². The van der Waals surface area contributed by atoms with E-state index in [2.05, 4.69) is 4.90 Å². The molecule has 2 fully saturated rings. The van der Waals surface area contributed by atoms with Gasteiger partial charge in [-0.3, -0.25) is 4.90 Å². The average molecular weight is 329 g/mol. The molecule has 6 heteroatoms. The van der Waals surface area contributed by atoms with Gasteiger partial charge in [-0.2, -0.15) is 0 Å². The van der Waals surface area contributed by atoms with Gasteiger partial charge >= 0.3 is 6.09 Å². The molecule has 0 spiro atoms. The largest absolute Gasteiger partial charge is 0.465 e. The number of hydrogen-bond acceptors (Lipinski definition) is 2. The van der Waals surface area contributed by atoms with E-state index in [1.807, 2.05) is 18.2 Å². The first-order valence-electron chi connectivity index (χ1n) is 7.21. The molecule has 4 nitrogen and oxygen atoms in total. The third-order valence-corrected chi connectivity index (χ3v) is 5.33. The lowest BCUT2D eigenvalue weighted by atomic mass is 9.86. The summed E-state index contributed by atoms with van der Waals surface area (Å²) < 4.78 is 0. The first-order valence-corrected chi connectivity index (χ1v) is 7.97. The van der Waals surface area contributed by atoms with Crippen LogP contribution in [0.4, 0.5) is 4.79 Å². The van der Waals surface area contributed by atoms with Crippen molar-refractivity contribution in [3.8, 4) is 0 Å². The summed E-state index contributed by atoms with van der Waals surface area (Å²) in [5, 5.41) is 10.3. The zero-order valence-electron chi connectivity index (χ0n) is 11.6. The second kappa shape index (κ2) is 6.03. The number of nitrogens with zero attached hydrogens (tertiary/aromatic N) is 2. The van der Waals surface area contributed by atoms with Crippen LogP contribution in [-0.2, 0) is 0 Å². The lowest BCUT2D eigenvalue weighted by Gasteiger charge is -2.45. The van der Waals surface area contributed by atoms with Crippen LogP contribution in [0.5, 0.6) is 0 Å². The third-order valence-electron chi connectivity index (χ3n) is 4.59. The number of halogens is 2. The number of piperidine rings is 1. The average Bonchev–Trinajstić information content (AvgIpc) is 2.49. The third kappa shape index (κ3) is 3.12. The molecule has 1 amide bonds. The highest BCUT2D eigenvalue weighted by Gasteiger charge is 2.34. The molecule has 2 heterocycles. The summed E-state index contributed by atoms with van der Waals surface area (Å²) in [5.41, 5.74) is 1.23. The zero-order chi connectivity index (χ0) is 15.0. The molecule has 0 aromatic heterocycles. The number of hydrogen-bond donors (Lipinski definition) is 1. The Hall–Kier alpha value is -0.970. The second-order valence-electron chi connectivity index (χ2n) is 5.83. The predicted octanol–water partition coefficient (Wildman–Crippen LogP) is 3.54. The Kier molecular flexibility index (Phi) is 4.29. The summed E-state index contributed by atoms with van der Waals surface area (Å²) in [6.07, 6.45) is 1.28. The zero-order valence-corrected chi connectivity index (χ0v) is 13.1. The molecule has 0 saturated carbocycles. The number of carbonyl (C=O) groups is 1. The lowest BCUT2D eigenvalue weighted by Crippen LogP contribution is -2.57. The van der Waals surface area contributed by atoms with Crippen LogP contribution in [0.1, 0.15) is 24.3 Å². The molecule has 1 aromatic carbocycles. The lowest BCUT2D eigenvalue weighted by molar-refractivity contribution is 0.0424. The minimum atomic E-state index is -0.804. The van der Waals surface area contributed by atoms with Crippen molar-refractivity contribution in [2.75, 3.05) is 26.2 Å². The fourth-order valence-electron chi connectivity index (χ4n) is 3.39. The van der Waals surface area contributed by atoms with Gasteiger partial charge < -0.3 is 10.0 Å². The number of piperazine rings is 1. The standard InChI is InChI=1S/C15H18Cl2N2O2/c16-13-4-2-10(7-14(13)17)11-1-3-12-9-19(15(20)21)6-5-18(12)8-11/h2,4,7,11-12H,1,3,5-6,8-9H2,(H,20,21). The summed E-state index contributed by atoms with van der Waals surface area (Å²) in [5.74, 6) is 0.451. The molecule has 21 heavy (non-hydrogen) atoms. The quantitative estimate of drug-likeness (QED) is 0.857. The second-order valence-corrected chi connectivity index (χ2v) is 6.64. The van der Waals surface area contributed by atoms with Crippen LogP contribution in [0.2, 0.25) is 10.0 Å². The Morgan fingerprint density at radius 2 is 1.95 bits per heavy atom. The molecule has 2 aliphatic rings. The number of fused-ring (bicyclic) bond motifs is 1. The molecular formula is C15H18Cl2N2O2. The van der Waals surface area contributed by atoms with Crippen molar-refractivity contribution in [2.45, 2.75) is 24.8 Å². The van der Waals surface area contributed by atoms with Crippen molar-refractivity contribution in [3.63, 3.8) is 0 Å². The van der Waals surface area contributed by atoms with Crippen molar-refractivity contribution in [1.29, 1.82) is 0 Å². The molecule has 2 unspecified atom stereocenters. The smallest absolute Gasteiger partial charge is 0.407 e. The van der Waals surface area contributed by atoms with E-state index in [0.29, 0.717) is 35.1 Å². The first kappa shape index (κ1) is 14.9. The van der Waals surface area contributed by atoms with Crippen molar-refractivity contribution in [1.82, 2.24) is 9.80 Å². The Morgan fingerprint density at radius 3 is 2.67 bits per heavy atom. The van der Waals surface area contributed by atoms with Gasteiger partial charge in [0, 0.05) is 32.2 Å². The summed E-state index contributed by atoms with van der Waals surface area (Å²) >= 11 is 12.1. The summed E-state index contributed by atoms with van der Waals surface area (Å²) in [6, 6.07) is 6.22. The number of carboxylic acid groups (broad SMARTS) is 1.